The molecule has 0 aromatic carbocycles. The van der Waals surface area contributed by atoms with E-state index in [0.29, 0.717) is 6.42 Å². The summed E-state index contributed by atoms with van der Waals surface area (Å²) in [5.41, 5.74) is 1.17. The van der Waals surface area contributed by atoms with Crippen molar-refractivity contribution in [1.29, 1.82) is 0 Å². The van der Waals surface area contributed by atoms with Crippen LogP contribution in [0.25, 0.3) is 0 Å². The Kier molecular flexibility index (Phi) is 22.3. The smallest absolute Gasteiger partial charge is 0.111 e. The molecule has 0 spiro atoms. The summed E-state index contributed by atoms with van der Waals surface area (Å²) in [6.45, 7) is 8.27. The van der Waals surface area contributed by atoms with Crippen molar-refractivity contribution in [2.75, 3.05) is 49.3 Å². The molecule has 1 aliphatic heterocycles. The van der Waals surface area contributed by atoms with Crippen LogP contribution < -0.4 is 0 Å². The first-order valence-corrected chi connectivity index (χ1v) is 12.0. The number of allylic oxidation sites excluding steroid dienone is 2. The fourth-order valence-corrected chi connectivity index (χ4v) is 3.84. The Morgan fingerprint density at radius 3 is 1.97 bits per heavy atom. The number of methoxy groups -OCH3 is 4. The monoisotopic (exact) mass is 492 g/mol. The minimum Gasteiger partial charge on any atom is -0.400 e. The van der Waals surface area contributed by atoms with Gasteiger partial charge in [-0.25, -0.2) is 0 Å². The summed E-state index contributed by atoms with van der Waals surface area (Å²) in [6.07, 6.45) is 7.74. The topological polar surface area (TPSA) is 110 Å². The van der Waals surface area contributed by atoms with Crippen LogP contribution in [0.15, 0.2) is 23.8 Å². The number of epoxide rings is 1. The summed E-state index contributed by atoms with van der Waals surface area (Å²) in [7, 11) is 9.25. The van der Waals surface area contributed by atoms with E-state index in [1.807, 2.05) is 25.2 Å². The maximum absolute atomic E-state index is 10.6. The Morgan fingerprint density at radius 1 is 0.971 bits per heavy atom. The molecule has 0 amide bonds. The Labute approximate surface area is 207 Å². The lowest BCUT2D eigenvalue weighted by atomic mass is 9.91. The molecule has 0 bridgehead atoms. The molecule has 1 fully saturated rings. The van der Waals surface area contributed by atoms with Gasteiger partial charge in [0.1, 0.15) is 6.10 Å². The van der Waals surface area contributed by atoms with Crippen LogP contribution in [0.5, 0.6) is 0 Å². The van der Waals surface area contributed by atoms with Crippen molar-refractivity contribution in [2.45, 2.75) is 83.6 Å². The first kappa shape index (κ1) is 35.3. The quantitative estimate of drug-likeness (QED) is 0.236. The van der Waals surface area contributed by atoms with Crippen LogP contribution in [-0.2, 0) is 23.7 Å². The van der Waals surface area contributed by atoms with E-state index < -0.39 is 6.10 Å². The molecule has 0 radical (unpaired) electrons. The van der Waals surface area contributed by atoms with Crippen LogP contribution in [0, 0.1) is 11.8 Å². The van der Waals surface area contributed by atoms with Gasteiger partial charge in [0, 0.05) is 60.9 Å². The number of aliphatic hydroxyl groups is 3. The van der Waals surface area contributed by atoms with E-state index in [-0.39, 0.29) is 49.0 Å². The summed E-state index contributed by atoms with van der Waals surface area (Å²) in [5, 5.41) is 26.9. The third kappa shape index (κ3) is 13.9. The molecule has 8 nitrogen and oxygen atoms in total. The Hall–Kier alpha value is -0.840. The largest absolute Gasteiger partial charge is 0.400 e. The molecular weight excluding hydrogens is 440 g/mol. The highest BCUT2D eigenvalue weighted by Gasteiger charge is 2.50. The third-order valence-corrected chi connectivity index (χ3v) is 5.99. The van der Waals surface area contributed by atoms with Crippen molar-refractivity contribution in [1.82, 2.24) is 0 Å². The van der Waals surface area contributed by atoms with Crippen LogP contribution in [0.4, 0.5) is 0 Å². The molecule has 8 unspecified atom stereocenters. The van der Waals surface area contributed by atoms with Crippen LogP contribution in [-0.4, -0.2) is 101 Å². The zero-order chi connectivity index (χ0) is 26.7. The number of hydrogen-bond acceptors (Lipinski definition) is 8. The molecule has 3 N–H and O–H groups in total. The molecule has 204 valence electrons. The minimum absolute atomic E-state index is 0.00523. The number of hydrogen-bond donors (Lipinski definition) is 3. The Balaban J connectivity index is 0. The van der Waals surface area contributed by atoms with Crippen molar-refractivity contribution in [3.05, 3.63) is 23.8 Å². The number of ether oxygens (including phenoxy) is 5. The summed E-state index contributed by atoms with van der Waals surface area (Å²) >= 11 is 0. The van der Waals surface area contributed by atoms with Crippen molar-refractivity contribution in [3.63, 3.8) is 0 Å². The van der Waals surface area contributed by atoms with Crippen LogP contribution in [0.1, 0.15) is 47.0 Å². The molecule has 1 rings (SSSR count). The highest BCUT2D eigenvalue weighted by Crippen LogP contribution is 2.37. The fourth-order valence-electron chi connectivity index (χ4n) is 3.84. The predicted molar refractivity (Wildman–Crippen MR) is 136 cm³/mol. The molecule has 0 aromatic heterocycles. The summed E-state index contributed by atoms with van der Waals surface area (Å²) < 4.78 is 26.3. The average molecular weight is 493 g/mol. The zero-order valence-corrected chi connectivity index (χ0v) is 23.1. The lowest BCUT2D eigenvalue weighted by Crippen LogP contribution is -2.30. The van der Waals surface area contributed by atoms with Gasteiger partial charge in [0.05, 0.1) is 37.1 Å². The van der Waals surface area contributed by atoms with Crippen molar-refractivity contribution in [3.8, 4) is 0 Å². The van der Waals surface area contributed by atoms with Gasteiger partial charge in [-0.1, -0.05) is 44.6 Å². The van der Waals surface area contributed by atoms with Gasteiger partial charge in [-0.15, -0.1) is 0 Å². The average Bonchev–Trinajstić information content (AvgIpc) is 3.64. The molecule has 8 atom stereocenters. The van der Waals surface area contributed by atoms with Crippen molar-refractivity contribution < 1.29 is 39.0 Å². The molecule has 0 saturated carbocycles. The van der Waals surface area contributed by atoms with Gasteiger partial charge in [0.15, 0.2) is 0 Å². The molecule has 34 heavy (non-hydrogen) atoms. The first-order valence-electron chi connectivity index (χ1n) is 12.0. The van der Waals surface area contributed by atoms with Gasteiger partial charge < -0.3 is 39.0 Å². The van der Waals surface area contributed by atoms with Gasteiger partial charge in [0.2, 0.25) is 0 Å². The second-order valence-electron chi connectivity index (χ2n) is 8.60. The number of aliphatic hydroxyl groups excluding tert-OH is 3. The summed E-state index contributed by atoms with van der Waals surface area (Å²) in [5.74, 6) is 0.262. The van der Waals surface area contributed by atoms with E-state index in [2.05, 4.69) is 25.5 Å². The fraction of sp³-hybridized carbons (Fsp3) is 0.846. The van der Waals surface area contributed by atoms with Gasteiger partial charge in [0.25, 0.3) is 0 Å². The van der Waals surface area contributed by atoms with Gasteiger partial charge in [-0.05, 0) is 19.8 Å². The standard InChI is InChI=1S/C23H42O6.C2H6O.CH4O/c1-8-20(28-7)17(4)22-23(29-22)21(25)16(3)11-9-10-15(2)12-18(26-5)13-19(14-24)27-6;1-3-2;1-2/h9-11,16-25H,8,12-14H2,1-7H3;1-2H3;2H,1H3/b11-9+,15-10+;;. The normalized spacial score (nSPS) is 23.0. The van der Waals surface area contributed by atoms with E-state index in [9.17, 15) is 10.2 Å². The molecule has 0 aromatic rings. The first-order chi connectivity index (χ1) is 16.2. The summed E-state index contributed by atoms with van der Waals surface area (Å²) in [6, 6.07) is 0. The Morgan fingerprint density at radius 2 is 1.53 bits per heavy atom. The van der Waals surface area contributed by atoms with Crippen molar-refractivity contribution >= 4 is 0 Å². The highest BCUT2D eigenvalue weighted by atomic mass is 16.6. The minimum atomic E-state index is -0.527. The van der Waals surface area contributed by atoms with E-state index >= 15 is 0 Å². The zero-order valence-electron chi connectivity index (χ0n) is 23.1. The van der Waals surface area contributed by atoms with E-state index in [1.54, 1.807) is 35.5 Å². The van der Waals surface area contributed by atoms with Crippen LogP contribution >= 0.6 is 0 Å². The lowest BCUT2D eigenvalue weighted by molar-refractivity contribution is -0.00396. The Bertz CT molecular complexity index is 517. The highest BCUT2D eigenvalue weighted by molar-refractivity contribution is 5.13. The van der Waals surface area contributed by atoms with Crippen molar-refractivity contribution in [2.24, 2.45) is 11.8 Å². The number of rotatable bonds is 15. The molecule has 1 aliphatic rings. The predicted octanol–water partition coefficient (Wildman–Crippen LogP) is 2.99. The molecule has 0 aliphatic carbocycles. The van der Waals surface area contributed by atoms with Gasteiger partial charge in [-0.3, -0.25) is 0 Å². The van der Waals surface area contributed by atoms with Gasteiger partial charge >= 0.3 is 0 Å². The lowest BCUT2D eigenvalue weighted by Gasteiger charge is -2.20. The van der Waals surface area contributed by atoms with Gasteiger partial charge in [-0.2, -0.15) is 0 Å². The van der Waals surface area contributed by atoms with Crippen LogP contribution in [0.2, 0.25) is 0 Å². The second kappa shape index (κ2) is 21.4. The van der Waals surface area contributed by atoms with E-state index in [4.69, 9.17) is 24.1 Å². The van der Waals surface area contributed by atoms with Crippen LogP contribution in [0.3, 0.4) is 0 Å². The molecule has 8 heteroatoms. The summed E-state index contributed by atoms with van der Waals surface area (Å²) in [4.78, 5) is 0. The maximum atomic E-state index is 10.6. The molecular formula is C26H52O8. The van der Waals surface area contributed by atoms with E-state index in [1.165, 1.54) is 5.57 Å². The molecule has 1 saturated heterocycles. The second-order valence-corrected chi connectivity index (χ2v) is 8.60. The molecule has 1 heterocycles. The van der Waals surface area contributed by atoms with E-state index in [0.717, 1.165) is 20.0 Å². The maximum Gasteiger partial charge on any atom is 0.111 e. The third-order valence-electron chi connectivity index (χ3n) is 5.99. The SMILES string of the molecule is CCC(OC)C(C)C1OC1C(O)C(C)/C=C/C=C(\C)CC(CC(CO)OC)OC.CO.COC.